The highest BCUT2D eigenvalue weighted by atomic mass is 32.1. The van der Waals surface area contributed by atoms with Gasteiger partial charge in [-0.1, -0.05) is 0 Å². The predicted molar refractivity (Wildman–Crippen MR) is 129 cm³/mol. The number of benzene rings is 3. The SMILES string of the molecule is COc1ccc(-c2sc3cc(OC)ccc3c2C(=O)c2ccc(OCN(C)C)cc2)cc1. The number of hydrogen-bond donors (Lipinski definition) is 0. The summed E-state index contributed by atoms with van der Waals surface area (Å²) in [7, 11) is 7.16. The topological polar surface area (TPSA) is 48.0 Å². The van der Waals surface area contributed by atoms with Crippen LogP contribution in [0.1, 0.15) is 15.9 Å². The number of ether oxygens (including phenoxy) is 3. The first kappa shape index (κ1) is 21.9. The van der Waals surface area contributed by atoms with Gasteiger partial charge in [0.1, 0.15) is 24.0 Å². The molecule has 0 spiro atoms. The average Bonchev–Trinajstić information content (AvgIpc) is 3.21. The van der Waals surface area contributed by atoms with Crippen LogP contribution >= 0.6 is 11.3 Å². The fraction of sp³-hybridized carbons (Fsp3) is 0.192. The number of thiophene rings is 1. The minimum atomic E-state index is -0.0219. The number of carbonyl (C=O) groups is 1. The van der Waals surface area contributed by atoms with Crippen molar-refractivity contribution in [3.05, 3.63) is 77.9 Å². The van der Waals surface area contributed by atoms with Crippen molar-refractivity contribution >= 4 is 27.2 Å². The third-order valence-corrected chi connectivity index (χ3v) is 6.28. The molecule has 0 aliphatic heterocycles. The molecule has 5 nitrogen and oxygen atoms in total. The van der Waals surface area contributed by atoms with Crippen LogP contribution in [0.25, 0.3) is 20.5 Å². The Bertz CT molecular complexity index is 1230. The van der Waals surface area contributed by atoms with Crippen LogP contribution in [0, 0.1) is 0 Å². The molecule has 0 saturated carbocycles. The van der Waals surface area contributed by atoms with Crippen molar-refractivity contribution in [3.63, 3.8) is 0 Å². The first-order valence-electron chi connectivity index (χ1n) is 10.2. The molecule has 0 aliphatic carbocycles. The second-order valence-corrected chi connectivity index (χ2v) is 8.66. The molecule has 0 radical (unpaired) electrons. The molecule has 164 valence electrons. The molecular formula is C26H25NO4S. The fourth-order valence-electron chi connectivity index (χ4n) is 3.43. The van der Waals surface area contributed by atoms with Crippen LogP contribution in [-0.4, -0.2) is 45.7 Å². The molecule has 32 heavy (non-hydrogen) atoms. The summed E-state index contributed by atoms with van der Waals surface area (Å²) in [6, 6.07) is 20.9. The third-order valence-electron chi connectivity index (χ3n) is 5.08. The van der Waals surface area contributed by atoms with Crippen LogP contribution < -0.4 is 14.2 Å². The zero-order chi connectivity index (χ0) is 22.7. The largest absolute Gasteiger partial charge is 0.497 e. The Balaban J connectivity index is 1.77. The number of rotatable bonds is 8. The van der Waals surface area contributed by atoms with Crippen molar-refractivity contribution in [2.75, 3.05) is 35.0 Å². The van der Waals surface area contributed by atoms with Crippen molar-refractivity contribution < 1.29 is 19.0 Å². The van der Waals surface area contributed by atoms with E-state index in [0.717, 1.165) is 37.8 Å². The summed E-state index contributed by atoms with van der Waals surface area (Å²) < 4.78 is 17.4. The lowest BCUT2D eigenvalue weighted by atomic mass is 9.97. The monoisotopic (exact) mass is 447 g/mol. The van der Waals surface area contributed by atoms with Crippen LogP contribution in [0.15, 0.2) is 66.7 Å². The standard InChI is InChI=1S/C26H25NO4S/c1-27(2)16-31-20-11-5-17(6-12-20)25(28)24-22-14-13-21(30-4)15-23(22)32-26(24)18-7-9-19(29-3)10-8-18/h5-15H,16H2,1-4H3. The van der Waals surface area contributed by atoms with Gasteiger partial charge in [-0.2, -0.15) is 0 Å². The van der Waals surface area contributed by atoms with E-state index in [1.807, 2.05) is 85.7 Å². The van der Waals surface area contributed by atoms with Gasteiger partial charge in [0.05, 0.1) is 14.2 Å². The number of carbonyl (C=O) groups excluding carboxylic acids is 1. The third kappa shape index (κ3) is 4.47. The maximum Gasteiger partial charge on any atom is 0.195 e. The molecule has 4 rings (SSSR count). The van der Waals surface area contributed by atoms with Gasteiger partial charge in [0.25, 0.3) is 0 Å². The van der Waals surface area contributed by atoms with Gasteiger partial charge in [0, 0.05) is 26.1 Å². The molecular weight excluding hydrogens is 422 g/mol. The molecule has 0 aliphatic rings. The van der Waals surface area contributed by atoms with Gasteiger partial charge < -0.3 is 14.2 Å². The maximum atomic E-state index is 13.7. The van der Waals surface area contributed by atoms with Crippen molar-refractivity contribution in [2.24, 2.45) is 0 Å². The lowest BCUT2D eigenvalue weighted by Crippen LogP contribution is -2.18. The van der Waals surface area contributed by atoms with E-state index >= 15 is 0 Å². The average molecular weight is 448 g/mol. The maximum absolute atomic E-state index is 13.7. The van der Waals surface area contributed by atoms with E-state index < -0.39 is 0 Å². The second kappa shape index (κ2) is 9.42. The Morgan fingerprint density at radius 3 is 2.09 bits per heavy atom. The quantitative estimate of drug-likeness (QED) is 0.256. The first-order chi connectivity index (χ1) is 15.5. The molecule has 0 fully saturated rings. The van der Waals surface area contributed by atoms with Gasteiger partial charge >= 0.3 is 0 Å². The van der Waals surface area contributed by atoms with Gasteiger partial charge in [0.2, 0.25) is 0 Å². The normalized spacial score (nSPS) is 11.0. The number of hydrogen-bond acceptors (Lipinski definition) is 6. The first-order valence-corrected chi connectivity index (χ1v) is 11.0. The molecule has 3 aromatic carbocycles. The Morgan fingerprint density at radius 1 is 0.844 bits per heavy atom. The van der Waals surface area contributed by atoms with Gasteiger partial charge in [-0.25, -0.2) is 0 Å². The Morgan fingerprint density at radius 2 is 1.47 bits per heavy atom. The molecule has 1 heterocycles. The van der Waals surface area contributed by atoms with Crippen LogP contribution in [-0.2, 0) is 0 Å². The van der Waals surface area contributed by atoms with Crippen molar-refractivity contribution in [3.8, 4) is 27.7 Å². The van der Waals surface area contributed by atoms with E-state index in [-0.39, 0.29) is 5.78 Å². The molecule has 0 N–H and O–H groups in total. The minimum Gasteiger partial charge on any atom is -0.497 e. The van der Waals surface area contributed by atoms with Crippen molar-refractivity contribution in [1.29, 1.82) is 0 Å². The van der Waals surface area contributed by atoms with E-state index in [4.69, 9.17) is 14.2 Å². The molecule has 0 bridgehead atoms. The smallest absolute Gasteiger partial charge is 0.195 e. The second-order valence-electron chi connectivity index (χ2n) is 7.60. The highest BCUT2D eigenvalue weighted by Crippen LogP contribution is 2.41. The summed E-state index contributed by atoms with van der Waals surface area (Å²) in [5.74, 6) is 2.25. The molecule has 4 aromatic rings. The molecule has 1 aromatic heterocycles. The summed E-state index contributed by atoms with van der Waals surface area (Å²) >= 11 is 1.59. The highest BCUT2D eigenvalue weighted by molar-refractivity contribution is 7.22. The van der Waals surface area contributed by atoms with Gasteiger partial charge in [-0.05, 0) is 86.4 Å². The summed E-state index contributed by atoms with van der Waals surface area (Å²) in [5, 5.41) is 0.916. The van der Waals surface area contributed by atoms with E-state index in [2.05, 4.69) is 0 Å². The summed E-state index contributed by atoms with van der Waals surface area (Å²) in [4.78, 5) is 16.5. The van der Waals surface area contributed by atoms with Crippen LogP contribution in [0.2, 0.25) is 0 Å². The van der Waals surface area contributed by atoms with E-state index in [0.29, 0.717) is 17.9 Å². The van der Waals surface area contributed by atoms with Gasteiger partial charge in [-0.15, -0.1) is 11.3 Å². The van der Waals surface area contributed by atoms with Crippen LogP contribution in [0.3, 0.4) is 0 Å². The van der Waals surface area contributed by atoms with Crippen LogP contribution in [0.5, 0.6) is 17.2 Å². The van der Waals surface area contributed by atoms with Gasteiger partial charge in [-0.3, -0.25) is 9.69 Å². The predicted octanol–water partition coefficient (Wildman–Crippen LogP) is 5.71. The van der Waals surface area contributed by atoms with Crippen LogP contribution in [0.4, 0.5) is 0 Å². The Kier molecular flexibility index (Phi) is 6.44. The van der Waals surface area contributed by atoms with Gasteiger partial charge in [0.15, 0.2) is 5.78 Å². The molecule has 6 heteroatoms. The number of methoxy groups -OCH3 is 2. The lowest BCUT2D eigenvalue weighted by Gasteiger charge is -2.12. The molecule has 0 unspecified atom stereocenters. The number of nitrogens with zero attached hydrogens (tertiary/aromatic N) is 1. The lowest BCUT2D eigenvalue weighted by molar-refractivity contribution is 0.104. The summed E-state index contributed by atoms with van der Waals surface area (Å²) in [6.07, 6.45) is 0. The molecule has 0 amide bonds. The minimum absolute atomic E-state index is 0.0219. The summed E-state index contributed by atoms with van der Waals surface area (Å²) in [6.45, 7) is 0.478. The van der Waals surface area contributed by atoms with E-state index in [9.17, 15) is 4.79 Å². The van der Waals surface area contributed by atoms with E-state index in [1.54, 1.807) is 25.6 Å². The summed E-state index contributed by atoms with van der Waals surface area (Å²) in [5.41, 5.74) is 2.28. The highest BCUT2D eigenvalue weighted by Gasteiger charge is 2.22. The molecule has 0 atom stereocenters. The Labute approximate surface area is 191 Å². The van der Waals surface area contributed by atoms with Crippen molar-refractivity contribution in [2.45, 2.75) is 0 Å². The van der Waals surface area contributed by atoms with Crippen molar-refractivity contribution in [1.82, 2.24) is 4.90 Å². The number of ketones is 1. The zero-order valence-electron chi connectivity index (χ0n) is 18.5. The molecule has 0 saturated heterocycles. The Hall–Kier alpha value is -3.35. The van der Waals surface area contributed by atoms with E-state index in [1.165, 1.54) is 0 Å². The fourth-order valence-corrected chi connectivity index (χ4v) is 4.66. The zero-order valence-corrected chi connectivity index (χ0v) is 19.4. The number of fused-ring (bicyclic) bond motifs is 1.